The Morgan fingerprint density at radius 3 is 0.843 bits per heavy atom. The molecule has 0 aliphatic carbocycles. The summed E-state index contributed by atoms with van der Waals surface area (Å²) in [6.07, 6.45) is 4.12. The zero-order valence-electron chi connectivity index (χ0n) is 61.2. The third kappa shape index (κ3) is 18.7. The number of benzene rings is 6. The number of rotatable bonds is 26. The van der Waals surface area contributed by atoms with Crippen LogP contribution in [0.2, 0.25) is 10.0 Å². The summed E-state index contributed by atoms with van der Waals surface area (Å²) in [7, 11) is 5.69. The molecule has 4 atom stereocenters. The van der Waals surface area contributed by atoms with Gasteiger partial charge in [-0.15, -0.1) is 40.8 Å². The van der Waals surface area contributed by atoms with E-state index in [2.05, 4.69) is 40.8 Å². The predicted molar refractivity (Wildman–Crippen MR) is 405 cm³/mol. The second-order valence-corrected chi connectivity index (χ2v) is 30.6. The van der Waals surface area contributed by atoms with Gasteiger partial charge < -0.3 is 68.3 Å². The van der Waals surface area contributed by atoms with Gasteiger partial charge in [-0.1, -0.05) is 71.7 Å². The van der Waals surface area contributed by atoms with Crippen molar-refractivity contribution in [2.75, 3.05) is 133 Å². The topological polar surface area (TPSA) is 354 Å². The quantitative estimate of drug-likeness (QED) is 0.0509. The Hall–Kier alpha value is -9.80. The summed E-state index contributed by atoms with van der Waals surface area (Å²) in [5.74, 6) is 8.59. The van der Waals surface area contributed by atoms with E-state index in [1.165, 1.54) is 0 Å². The number of ether oxygens (including phenoxy) is 12. The van der Waals surface area contributed by atoms with E-state index < -0.39 is 19.7 Å². The molecule has 4 fully saturated rings. The van der Waals surface area contributed by atoms with Gasteiger partial charge in [0, 0.05) is 60.1 Å². The number of nitrogen functional groups attached to an aromatic ring is 2. The lowest BCUT2D eigenvalue weighted by Gasteiger charge is -2.19. The molecule has 14 rings (SSSR count). The van der Waals surface area contributed by atoms with Crippen LogP contribution in [0, 0.1) is 0 Å². The number of hydrogen-bond acceptors (Lipinski definition) is 26. The second-order valence-electron chi connectivity index (χ2n) is 25.3. The van der Waals surface area contributed by atoms with Crippen molar-refractivity contribution in [2.24, 2.45) is 0 Å². The average Bonchev–Trinajstić information content (AvgIpc) is 1.58. The zero-order chi connectivity index (χ0) is 76.5. The van der Waals surface area contributed by atoms with Gasteiger partial charge >= 0.3 is 0 Å². The van der Waals surface area contributed by atoms with Crippen LogP contribution in [-0.2, 0) is 63.0 Å². The van der Waals surface area contributed by atoms with Crippen LogP contribution in [0.25, 0.3) is 22.7 Å². The van der Waals surface area contributed by atoms with Gasteiger partial charge in [-0.05, 0) is 122 Å². The Balaban J connectivity index is 0.000000146. The van der Waals surface area contributed by atoms with Crippen LogP contribution in [0.4, 0.5) is 11.9 Å². The minimum absolute atomic E-state index is 0.00219. The molecule has 0 amide bonds. The first-order valence-corrected chi connectivity index (χ1v) is 39.1. The van der Waals surface area contributed by atoms with Gasteiger partial charge in [0.25, 0.3) is 0 Å². The van der Waals surface area contributed by atoms with Crippen molar-refractivity contribution >= 4 is 54.8 Å². The van der Waals surface area contributed by atoms with E-state index in [9.17, 15) is 16.8 Å². The Morgan fingerprint density at radius 1 is 0.361 bits per heavy atom. The molecule has 0 saturated carbocycles. The van der Waals surface area contributed by atoms with Gasteiger partial charge in [0.15, 0.2) is 31.3 Å². The van der Waals surface area contributed by atoms with E-state index in [-0.39, 0.29) is 46.7 Å². The van der Waals surface area contributed by atoms with E-state index in [4.69, 9.17) is 91.5 Å². The molecule has 8 heterocycles. The van der Waals surface area contributed by atoms with E-state index in [0.717, 1.165) is 61.7 Å². The summed E-state index contributed by atoms with van der Waals surface area (Å²) in [5.41, 5.74) is 16.4. The minimum atomic E-state index is -3.49. The van der Waals surface area contributed by atoms with Crippen molar-refractivity contribution in [3.05, 3.63) is 177 Å². The summed E-state index contributed by atoms with van der Waals surface area (Å²) in [5, 5.41) is 35.0. The van der Waals surface area contributed by atoms with Crippen LogP contribution in [0.5, 0.6) is 46.0 Å². The van der Waals surface area contributed by atoms with E-state index in [1.807, 2.05) is 72.8 Å². The first kappa shape index (κ1) is 79.2. The number of nitrogens with two attached hydrogens (primary N) is 2. The van der Waals surface area contributed by atoms with Gasteiger partial charge in [-0.25, -0.2) is 16.8 Å². The fourth-order valence-electron chi connectivity index (χ4n) is 13.0. The number of anilines is 2. The number of para-hydroxylation sites is 4. The van der Waals surface area contributed by atoms with Crippen molar-refractivity contribution in [1.29, 1.82) is 0 Å². The second kappa shape index (κ2) is 36.9. The first-order chi connectivity index (χ1) is 52.3. The number of halogens is 2. The first-order valence-electron chi connectivity index (χ1n) is 34.7. The Kier molecular flexibility index (Phi) is 27.1. The molecule has 108 heavy (non-hydrogen) atoms. The lowest BCUT2D eigenvalue weighted by Crippen LogP contribution is -2.17. The number of aryl methyl sites for hydroxylation is 2. The number of methoxy groups -OCH3 is 8. The summed E-state index contributed by atoms with van der Waals surface area (Å²) in [6.45, 7) is 4.93. The van der Waals surface area contributed by atoms with Crippen molar-refractivity contribution in [1.82, 2.24) is 59.1 Å². The zero-order valence-corrected chi connectivity index (χ0v) is 64.4. The predicted octanol–water partition coefficient (Wildman–Crippen LogP) is 9.94. The van der Waals surface area contributed by atoms with Crippen LogP contribution in [0.3, 0.4) is 0 Å². The molecular formula is C74H88Cl2N14O16S2. The molecule has 10 aromatic rings. The van der Waals surface area contributed by atoms with E-state index >= 15 is 0 Å². The lowest BCUT2D eigenvalue weighted by atomic mass is 10.1. The van der Waals surface area contributed by atoms with Crippen molar-refractivity contribution in [2.45, 2.75) is 73.7 Å². The summed E-state index contributed by atoms with van der Waals surface area (Å²) < 4.78 is 125. The molecule has 576 valence electrons. The molecule has 4 saturated heterocycles. The Labute approximate surface area is 636 Å². The third-order valence-corrected chi connectivity index (χ3v) is 22.1. The highest BCUT2D eigenvalue weighted by Gasteiger charge is 2.35. The smallest absolute Gasteiger partial charge is 0.226 e. The number of nitrogens with zero attached hydrogens (tertiary/aromatic N) is 12. The molecule has 4 aliphatic heterocycles. The SMILES string of the molecule is COc1cccc(OC)c1-n1c(CS(=O)(=O)CCc2ccc(Cl)cc2)nnc1[C@@H]1CCOC1.COc1cccc(OC)c1-n1c(CS(=O)(=O)CCc2ccc(Cl)cc2)nnc1[C@H]1CCOC1.COc1cccc(OC)c1-n1c(N)nnc1[C@@H]1CCOC1.COc1cccc(OC)c1-n1c(N)nnc1[C@H]1CCOC1. The monoisotopic (exact) mass is 1560 g/mol. The maximum Gasteiger partial charge on any atom is 0.226 e. The molecule has 4 aliphatic rings. The molecule has 34 heteroatoms. The van der Waals surface area contributed by atoms with Crippen molar-refractivity contribution in [3.63, 3.8) is 0 Å². The molecule has 0 radical (unpaired) electrons. The van der Waals surface area contributed by atoms with Gasteiger partial charge in [0.1, 0.15) is 104 Å². The highest BCUT2D eigenvalue weighted by molar-refractivity contribution is 7.90. The van der Waals surface area contributed by atoms with Crippen LogP contribution in [0.1, 0.15) is 95.4 Å². The Bertz CT molecular complexity index is 4470. The molecule has 4 N–H and O–H groups in total. The minimum Gasteiger partial charge on any atom is -0.494 e. The fraction of sp³-hybridized carbons (Fsp3) is 0.405. The van der Waals surface area contributed by atoms with E-state index in [1.54, 1.807) is 124 Å². The number of aromatic nitrogens is 12. The van der Waals surface area contributed by atoms with Crippen LogP contribution >= 0.6 is 23.2 Å². The van der Waals surface area contributed by atoms with Gasteiger partial charge in [0.05, 0.1) is 94.8 Å². The lowest BCUT2D eigenvalue weighted by molar-refractivity contribution is 0.193. The summed E-state index contributed by atoms with van der Waals surface area (Å²) in [6, 6.07) is 36.3. The van der Waals surface area contributed by atoms with Crippen LogP contribution in [-0.4, -0.2) is 197 Å². The average molecular weight is 1560 g/mol. The van der Waals surface area contributed by atoms with Crippen LogP contribution < -0.4 is 49.4 Å². The van der Waals surface area contributed by atoms with Crippen molar-refractivity contribution < 1.29 is 73.7 Å². The molecule has 0 unspecified atom stereocenters. The molecule has 4 aromatic heterocycles. The standard InChI is InChI=1S/2C23H26ClN3O5S.2C14H18N4O3/c2*1-30-19-4-3-5-20(31-2)22(19)27-21(25-26-23(27)17-10-12-32-14-17)15-33(28,29)13-11-16-6-8-18(24)9-7-16;2*1-19-10-4-3-5-11(20-2)12(10)18-13(16-17-14(18)15)9-6-7-21-8-9/h2*3-9,17H,10-15H2,1-2H3;2*3-5,9H,6-8H2,1-2H3,(H2,15,17)/t2*17-;2*9-/m1010/s1. The Morgan fingerprint density at radius 2 is 0.602 bits per heavy atom. The van der Waals surface area contributed by atoms with Gasteiger partial charge in [0.2, 0.25) is 11.9 Å². The maximum absolute atomic E-state index is 13.1. The molecular weight excluding hydrogens is 1480 g/mol. The molecule has 0 spiro atoms. The molecule has 6 aromatic carbocycles. The summed E-state index contributed by atoms with van der Waals surface area (Å²) >= 11 is 11.8. The van der Waals surface area contributed by atoms with Gasteiger partial charge in [-0.3, -0.25) is 18.3 Å². The molecule has 30 nitrogen and oxygen atoms in total. The fourth-order valence-corrected chi connectivity index (χ4v) is 15.8. The van der Waals surface area contributed by atoms with Gasteiger partial charge in [-0.2, -0.15) is 0 Å². The summed E-state index contributed by atoms with van der Waals surface area (Å²) in [4.78, 5) is 0. The van der Waals surface area contributed by atoms with Crippen LogP contribution in [0.15, 0.2) is 121 Å². The van der Waals surface area contributed by atoms with Crippen molar-refractivity contribution in [3.8, 4) is 68.7 Å². The van der Waals surface area contributed by atoms with E-state index in [0.29, 0.717) is 166 Å². The third-order valence-electron chi connectivity index (χ3n) is 18.5. The normalized spacial score (nSPS) is 16.8. The molecule has 0 bridgehead atoms. The number of sulfone groups is 2. The highest BCUT2D eigenvalue weighted by atomic mass is 35.5. The highest BCUT2D eigenvalue weighted by Crippen LogP contribution is 2.42. The largest absolute Gasteiger partial charge is 0.494 e. The maximum atomic E-state index is 13.1. The number of hydrogen-bond donors (Lipinski definition) is 2.